The SMILES string of the molecule is CCCn1nccc1C(N)C1CCOCC1. The van der Waals surface area contributed by atoms with Crippen LogP contribution in [0.15, 0.2) is 12.3 Å². The molecular weight excluding hydrogens is 202 g/mol. The van der Waals surface area contributed by atoms with E-state index in [0.29, 0.717) is 5.92 Å². The van der Waals surface area contributed by atoms with E-state index in [4.69, 9.17) is 10.5 Å². The average Bonchev–Trinajstić information content (AvgIpc) is 2.78. The van der Waals surface area contributed by atoms with Crippen LogP contribution in [0.2, 0.25) is 0 Å². The molecule has 0 saturated carbocycles. The van der Waals surface area contributed by atoms with Crippen molar-refractivity contribution < 1.29 is 4.74 Å². The van der Waals surface area contributed by atoms with Crippen LogP contribution < -0.4 is 5.73 Å². The molecule has 4 nitrogen and oxygen atoms in total. The number of ether oxygens (including phenoxy) is 1. The van der Waals surface area contributed by atoms with Gasteiger partial charge in [0.25, 0.3) is 0 Å². The molecule has 1 unspecified atom stereocenters. The predicted octanol–water partition coefficient (Wildman–Crippen LogP) is 1.72. The zero-order valence-electron chi connectivity index (χ0n) is 9.93. The average molecular weight is 223 g/mol. The number of nitrogens with two attached hydrogens (primary N) is 1. The van der Waals surface area contributed by atoms with E-state index in [1.807, 2.05) is 10.9 Å². The largest absolute Gasteiger partial charge is 0.381 e. The summed E-state index contributed by atoms with van der Waals surface area (Å²) in [7, 11) is 0. The van der Waals surface area contributed by atoms with Crippen molar-refractivity contribution in [2.75, 3.05) is 13.2 Å². The summed E-state index contributed by atoms with van der Waals surface area (Å²) >= 11 is 0. The van der Waals surface area contributed by atoms with Gasteiger partial charge in [-0.2, -0.15) is 5.10 Å². The van der Waals surface area contributed by atoms with Gasteiger partial charge in [0.2, 0.25) is 0 Å². The highest BCUT2D eigenvalue weighted by molar-refractivity contribution is 5.08. The van der Waals surface area contributed by atoms with Gasteiger partial charge in [-0.1, -0.05) is 6.92 Å². The molecule has 0 spiro atoms. The van der Waals surface area contributed by atoms with Crippen LogP contribution in [0.5, 0.6) is 0 Å². The van der Waals surface area contributed by atoms with E-state index in [-0.39, 0.29) is 6.04 Å². The van der Waals surface area contributed by atoms with E-state index in [1.165, 1.54) is 5.69 Å². The summed E-state index contributed by atoms with van der Waals surface area (Å²) in [6, 6.07) is 2.16. The molecule has 1 saturated heterocycles. The maximum Gasteiger partial charge on any atom is 0.0554 e. The quantitative estimate of drug-likeness (QED) is 0.845. The zero-order chi connectivity index (χ0) is 11.4. The topological polar surface area (TPSA) is 53.1 Å². The molecule has 0 amide bonds. The van der Waals surface area contributed by atoms with E-state index in [1.54, 1.807) is 0 Å². The van der Waals surface area contributed by atoms with E-state index in [2.05, 4.69) is 18.1 Å². The first-order valence-electron chi connectivity index (χ1n) is 6.18. The Bertz CT molecular complexity index is 318. The van der Waals surface area contributed by atoms with Crippen LogP contribution in [0.1, 0.15) is 37.9 Å². The summed E-state index contributed by atoms with van der Waals surface area (Å²) in [5.74, 6) is 0.543. The van der Waals surface area contributed by atoms with Gasteiger partial charge in [0.15, 0.2) is 0 Å². The molecule has 1 aliphatic rings. The molecular formula is C12H21N3O. The Morgan fingerprint density at radius 2 is 2.31 bits per heavy atom. The molecule has 0 aliphatic carbocycles. The Hall–Kier alpha value is -0.870. The van der Waals surface area contributed by atoms with Crippen LogP contribution in [0.4, 0.5) is 0 Å². The van der Waals surface area contributed by atoms with Crippen LogP contribution in [0.3, 0.4) is 0 Å². The maximum absolute atomic E-state index is 6.33. The van der Waals surface area contributed by atoms with E-state index in [0.717, 1.165) is 39.0 Å². The molecule has 1 fully saturated rings. The highest BCUT2D eigenvalue weighted by Gasteiger charge is 2.24. The lowest BCUT2D eigenvalue weighted by molar-refractivity contribution is 0.0574. The van der Waals surface area contributed by atoms with Crippen LogP contribution >= 0.6 is 0 Å². The zero-order valence-corrected chi connectivity index (χ0v) is 9.93. The van der Waals surface area contributed by atoms with Gasteiger partial charge in [0.1, 0.15) is 0 Å². The van der Waals surface area contributed by atoms with Gasteiger partial charge in [-0.3, -0.25) is 4.68 Å². The van der Waals surface area contributed by atoms with E-state index >= 15 is 0 Å². The molecule has 16 heavy (non-hydrogen) atoms. The fourth-order valence-electron chi connectivity index (χ4n) is 2.34. The minimum Gasteiger partial charge on any atom is -0.381 e. The van der Waals surface area contributed by atoms with Gasteiger partial charge in [0.05, 0.1) is 5.69 Å². The first-order chi connectivity index (χ1) is 7.83. The smallest absolute Gasteiger partial charge is 0.0554 e. The second-order valence-electron chi connectivity index (χ2n) is 4.45. The molecule has 1 aromatic rings. The van der Waals surface area contributed by atoms with Crippen molar-refractivity contribution in [1.82, 2.24) is 9.78 Å². The third-order valence-electron chi connectivity index (χ3n) is 3.30. The van der Waals surface area contributed by atoms with Crippen LogP contribution in [-0.4, -0.2) is 23.0 Å². The maximum atomic E-state index is 6.33. The molecule has 1 aliphatic heterocycles. The third kappa shape index (κ3) is 2.44. The summed E-state index contributed by atoms with van der Waals surface area (Å²) in [5, 5.41) is 4.33. The summed E-state index contributed by atoms with van der Waals surface area (Å²) in [6.45, 7) is 4.81. The summed E-state index contributed by atoms with van der Waals surface area (Å²) in [6.07, 6.45) is 5.08. The third-order valence-corrected chi connectivity index (χ3v) is 3.30. The molecule has 4 heteroatoms. The van der Waals surface area contributed by atoms with Crippen molar-refractivity contribution >= 4 is 0 Å². The minimum absolute atomic E-state index is 0.109. The first kappa shape index (κ1) is 11.6. The summed E-state index contributed by atoms with van der Waals surface area (Å²) < 4.78 is 7.41. The van der Waals surface area contributed by atoms with E-state index in [9.17, 15) is 0 Å². The van der Waals surface area contributed by atoms with Crippen LogP contribution in [0, 0.1) is 5.92 Å². The van der Waals surface area contributed by atoms with Gasteiger partial charge in [-0.25, -0.2) is 0 Å². The first-order valence-corrected chi connectivity index (χ1v) is 6.18. The summed E-state index contributed by atoms with van der Waals surface area (Å²) in [5.41, 5.74) is 7.50. The number of hydrogen-bond donors (Lipinski definition) is 1. The predicted molar refractivity (Wildman–Crippen MR) is 63.0 cm³/mol. The molecule has 0 bridgehead atoms. The van der Waals surface area contributed by atoms with Gasteiger partial charge < -0.3 is 10.5 Å². The van der Waals surface area contributed by atoms with Gasteiger partial charge in [-0.15, -0.1) is 0 Å². The molecule has 1 atom stereocenters. The molecule has 1 aromatic heterocycles. The Labute approximate surface area is 96.8 Å². The standard InChI is InChI=1S/C12H21N3O/c1-2-7-15-11(3-6-14-15)12(13)10-4-8-16-9-5-10/h3,6,10,12H,2,4-5,7-9,13H2,1H3. The van der Waals surface area contributed by atoms with E-state index < -0.39 is 0 Å². The highest BCUT2D eigenvalue weighted by atomic mass is 16.5. The van der Waals surface area contributed by atoms with Crippen LogP contribution in [0.25, 0.3) is 0 Å². The Morgan fingerprint density at radius 1 is 1.56 bits per heavy atom. The van der Waals surface area contributed by atoms with Crippen molar-refractivity contribution in [2.45, 2.75) is 38.8 Å². The molecule has 2 N–H and O–H groups in total. The van der Waals surface area contributed by atoms with Crippen molar-refractivity contribution in [3.8, 4) is 0 Å². The lowest BCUT2D eigenvalue weighted by atomic mass is 9.90. The fourth-order valence-corrected chi connectivity index (χ4v) is 2.34. The molecule has 0 aromatic carbocycles. The highest BCUT2D eigenvalue weighted by Crippen LogP contribution is 2.27. The van der Waals surface area contributed by atoms with Crippen molar-refractivity contribution in [1.29, 1.82) is 0 Å². The summed E-state index contributed by atoms with van der Waals surface area (Å²) in [4.78, 5) is 0. The van der Waals surface area contributed by atoms with Gasteiger partial charge >= 0.3 is 0 Å². The van der Waals surface area contributed by atoms with Gasteiger partial charge in [0, 0.05) is 32.0 Å². The number of hydrogen-bond acceptors (Lipinski definition) is 3. The number of aryl methyl sites for hydroxylation is 1. The molecule has 0 radical (unpaired) electrons. The van der Waals surface area contributed by atoms with Crippen LogP contribution in [-0.2, 0) is 11.3 Å². The van der Waals surface area contributed by atoms with Crippen molar-refractivity contribution in [3.05, 3.63) is 18.0 Å². The monoisotopic (exact) mass is 223 g/mol. The molecule has 2 rings (SSSR count). The molecule has 2 heterocycles. The molecule has 90 valence electrons. The Balaban J connectivity index is 2.06. The Morgan fingerprint density at radius 3 is 3.00 bits per heavy atom. The van der Waals surface area contributed by atoms with Gasteiger partial charge in [-0.05, 0) is 31.2 Å². The minimum atomic E-state index is 0.109. The lowest BCUT2D eigenvalue weighted by Gasteiger charge is -2.28. The number of rotatable bonds is 4. The Kier molecular flexibility index (Phi) is 3.96. The van der Waals surface area contributed by atoms with Crippen molar-refractivity contribution in [3.63, 3.8) is 0 Å². The van der Waals surface area contributed by atoms with Crippen molar-refractivity contribution in [2.24, 2.45) is 11.7 Å². The second-order valence-corrected chi connectivity index (χ2v) is 4.45. The fraction of sp³-hybridized carbons (Fsp3) is 0.750. The normalized spacial score (nSPS) is 19.9. The number of nitrogens with zero attached hydrogens (tertiary/aromatic N) is 2. The second kappa shape index (κ2) is 5.46. The lowest BCUT2D eigenvalue weighted by Crippen LogP contribution is -2.29. The number of aromatic nitrogens is 2.